The van der Waals surface area contributed by atoms with E-state index in [1.54, 1.807) is 0 Å². The lowest BCUT2D eigenvalue weighted by molar-refractivity contribution is -0.147. The fourth-order valence-electron chi connectivity index (χ4n) is 3.36. The van der Waals surface area contributed by atoms with E-state index in [1.807, 2.05) is 6.07 Å². The Hall–Kier alpha value is -1.35. The van der Waals surface area contributed by atoms with Crippen LogP contribution in [0.4, 0.5) is 0 Å². The SMILES string of the molecule is Cc1cccc(C2(C(=O)NOC3CCCC3)CCC2)c1. The summed E-state index contributed by atoms with van der Waals surface area (Å²) in [6, 6.07) is 8.31. The normalized spacial score (nSPS) is 21.4. The van der Waals surface area contributed by atoms with Crippen molar-refractivity contribution in [2.24, 2.45) is 0 Å². The molecule has 3 nitrogen and oxygen atoms in total. The Bertz CT molecular complexity index is 488. The number of hydroxylamine groups is 1. The van der Waals surface area contributed by atoms with Crippen molar-refractivity contribution in [3.63, 3.8) is 0 Å². The van der Waals surface area contributed by atoms with Gasteiger partial charge in [0, 0.05) is 0 Å². The van der Waals surface area contributed by atoms with Crippen molar-refractivity contribution in [3.05, 3.63) is 35.4 Å². The van der Waals surface area contributed by atoms with E-state index in [-0.39, 0.29) is 17.4 Å². The molecular formula is C17H23NO2. The molecule has 0 spiro atoms. The third-order valence-corrected chi connectivity index (χ3v) is 4.83. The van der Waals surface area contributed by atoms with Crippen LogP contribution in [0.25, 0.3) is 0 Å². The van der Waals surface area contributed by atoms with Gasteiger partial charge in [0.2, 0.25) is 0 Å². The molecule has 0 aromatic heterocycles. The summed E-state index contributed by atoms with van der Waals surface area (Å²) in [7, 11) is 0. The second-order valence-corrected chi connectivity index (χ2v) is 6.26. The van der Waals surface area contributed by atoms with Crippen LogP contribution in [0.5, 0.6) is 0 Å². The van der Waals surface area contributed by atoms with E-state index in [9.17, 15) is 4.79 Å². The van der Waals surface area contributed by atoms with Crippen molar-refractivity contribution in [1.82, 2.24) is 5.48 Å². The highest BCUT2D eigenvalue weighted by Crippen LogP contribution is 2.44. The third kappa shape index (κ3) is 2.47. The van der Waals surface area contributed by atoms with Crippen LogP contribution in [0.2, 0.25) is 0 Å². The minimum absolute atomic E-state index is 0.0428. The number of carbonyl (C=O) groups excluding carboxylic acids is 1. The van der Waals surface area contributed by atoms with Crippen molar-refractivity contribution >= 4 is 5.91 Å². The van der Waals surface area contributed by atoms with Crippen LogP contribution in [0.3, 0.4) is 0 Å². The van der Waals surface area contributed by atoms with Gasteiger partial charge in [-0.15, -0.1) is 0 Å². The summed E-state index contributed by atoms with van der Waals surface area (Å²) in [6.45, 7) is 2.07. The molecule has 1 amide bonds. The monoisotopic (exact) mass is 273 g/mol. The molecule has 0 unspecified atom stereocenters. The van der Waals surface area contributed by atoms with Crippen LogP contribution in [0.1, 0.15) is 56.1 Å². The number of benzene rings is 1. The molecule has 2 saturated carbocycles. The fourth-order valence-corrected chi connectivity index (χ4v) is 3.36. The zero-order valence-electron chi connectivity index (χ0n) is 12.2. The first-order chi connectivity index (χ1) is 9.71. The number of nitrogens with one attached hydrogen (secondary N) is 1. The van der Waals surface area contributed by atoms with Gasteiger partial charge in [0.15, 0.2) is 0 Å². The highest BCUT2D eigenvalue weighted by atomic mass is 16.7. The zero-order chi connectivity index (χ0) is 14.0. The lowest BCUT2D eigenvalue weighted by atomic mass is 9.64. The molecule has 3 rings (SSSR count). The van der Waals surface area contributed by atoms with E-state index in [0.717, 1.165) is 37.7 Å². The molecule has 1 N–H and O–H groups in total. The maximum Gasteiger partial charge on any atom is 0.254 e. The zero-order valence-corrected chi connectivity index (χ0v) is 12.2. The molecule has 0 atom stereocenters. The van der Waals surface area contributed by atoms with Crippen LogP contribution in [0, 0.1) is 6.92 Å². The lowest BCUT2D eigenvalue weighted by Crippen LogP contribution is -2.49. The molecule has 0 radical (unpaired) electrons. The third-order valence-electron chi connectivity index (χ3n) is 4.83. The molecule has 2 aliphatic carbocycles. The molecule has 108 valence electrons. The van der Waals surface area contributed by atoms with Crippen molar-refractivity contribution in [1.29, 1.82) is 0 Å². The first-order valence-corrected chi connectivity index (χ1v) is 7.74. The van der Waals surface area contributed by atoms with Gasteiger partial charge in [0.05, 0.1) is 11.5 Å². The Morgan fingerprint density at radius 1 is 1.25 bits per heavy atom. The minimum Gasteiger partial charge on any atom is -0.272 e. The second kappa shape index (κ2) is 5.57. The summed E-state index contributed by atoms with van der Waals surface area (Å²) in [5.41, 5.74) is 4.73. The topological polar surface area (TPSA) is 38.3 Å². The van der Waals surface area contributed by atoms with Gasteiger partial charge in [-0.1, -0.05) is 49.1 Å². The Morgan fingerprint density at radius 3 is 2.60 bits per heavy atom. The smallest absolute Gasteiger partial charge is 0.254 e. The van der Waals surface area contributed by atoms with Crippen molar-refractivity contribution in [2.45, 2.75) is 63.4 Å². The summed E-state index contributed by atoms with van der Waals surface area (Å²) in [5.74, 6) is 0.0428. The van der Waals surface area contributed by atoms with Crippen molar-refractivity contribution in [3.8, 4) is 0 Å². The molecule has 0 saturated heterocycles. The van der Waals surface area contributed by atoms with E-state index >= 15 is 0 Å². The van der Waals surface area contributed by atoms with Gasteiger partial charge in [-0.25, -0.2) is 5.48 Å². The van der Waals surface area contributed by atoms with E-state index in [0.29, 0.717) is 0 Å². The summed E-state index contributed by atoms with van der Waals surface area (Å²) in [6.07, 6.45) is 7.74. The number of amides is 1. The van der Waals surface area contributed by atoms with Crippen LogP contribution in [0.15, 0.2) is 24.3 Å². The van der Waals surface area contributed by atoms with Gasteiger partial charge in [-0.3, -0.25) is 9.63 Å². The molecule has 1 aromatic rings. The number of carbonyl (C=O) groups is 1. The highest BCUT2D eigenvalue weighted by Gasteiger charge is 2.46. The van der Waals surface area contributed by atoms with Crippen molar-refractivity contribution in [2.75, 3.05) is 0 Å². The molecule has 0 heterocycles. The molecule has 20 heavy (non-hydrogen) atoms. The first-order valence-electron chi connectivity index (χ1n) is 7.74. The Kier molecular flexibility index (Phi) is 3.79. The van der Waals surface area contributed by atoms with E-state index < -0.39 is 0 Å². The van der Waals surface area contributed by atoms with Gasteiger partial charge in [0.25, 0.3) is 5.91 Å². The highest BCUT2D eigenvalue weighted by molar-refractivity contribution is 5.88. The Balaban J connectivity index is 1.69. The standard InChI is InChI=1S/C17H23NO2/c1-13-6-4-7-14(12-13)17(10-5-11-17)16(19)18-20-15-8-2-3-9-15/h4,6-7,12,15H,2-3,5,8-11H2,1H3,(H,18,19). The summed E-state index contributed by atoms with van der Waals surface area (Å²) >= 11 is 0. The van der Waals surface area contributed by atoms with Crippen LogP contribution in [-0.4, -0.2) is 12.0 Å². The predicted octanol–water partition coefficient (Wildman–Crippen LogP) is 3.41. The molecule has 3 heteroatoms. The number of aryl methyl sites for hydroxylation is 1. The largest absolute Gasteiger partial charge is 0.272 e. The maximum absolute atomic E-state index is 12.6. The fraction of sp³-hybridized carbons (Fsp3) is 0.588. The molecular weight excluding hydrogens is 250 g/mol. The Morgan fingerprint density at radius 2 is 2.00 bits per heavy atom. The average Bonchev–Trinajstić information content (AvgIpc) is 2.88. The molecule has 2 fully saturated rings. The Labute approximate surface area is 120 Å². The summed E-state index contributed by atoms with van der Waals surface area (Å²) in [4.78, 5) is 18.2. The molecule has 1 aromatic carbocycles. The van der Waals surface area contributed by atoms with Gasteiger partial charge >= 0.3 is 0 Å². The van der Waals surface area contributed by atoms with Crippen LogP contribution < -0.4 is 5.48 Å². The van der Waals surface area contributed by atoms with Crippen LogP contribution >= 0.6 is 0 Å². The summed E-state index contributed by atoms with van der Waals surface area (Å²) < 4.78 is 0. The van der Waals surface area contributed by atoms with Crippen LogP contribution in [-0.2, 0) is 15.0 Å². The maximum atomic E-state index is 12.6. The minimum atomic E-state index is -0.357. The molecule has 0 bridgehead atoms. The van der Waals surface area contributed by atoms with Gasteiger partial charge in [-0.2, -0.15) is 0 Å². The van der Waals surface area contributed by atoms with E-state index in [1.165, 1.54) is 18.4 Å². The molecule has 0 aliphatic heterocycles. The van der Waals surface area contributed by atoms with Gasteiger partial charge in [0.1, 0.15) is 0 Å². The average molecular weight is 273 g/mol. The lowest BCUT2D eigenvalue weighted by Gasteiger charge is -2.40. The number of hydrogen-bond donors (Lipinski definition) is 1. The quantitative estimate of drug-likeness (QED) is 0.854. The van der Waals surface area contributed by atoms with E-state index in [2.05, 4.69) is 30.6 Å². The van der Waals surface area contributed by atoms with Crippen molar-refractivity contribution < 1.29 is 9.63 Å². The summed E-state index contributed by atoms with van der Waals surface area (Å²) in [5, 5.41) is 0. The van der Waals surface area contributed by atoms with Gasteiger partial charge in [-0.05, 0) is 38.2 Å². The van der Waals surface area contributed by atoms with E-state index in [4.69, 9.17) is 4.84 Å². The second-order valence-electron chi connectivity index (χ2n) is 6.26. The van der Waals surface area contributed by atoms with Gasteiger partial charge < -0.3 is 0 Å². The molecule has 2 aliphatic rings. The number of hydrogen-bond acceptors (Lipinski definition) is 2. The predicted molar refractivity (Wildman–Crippen MR) is 78.2 cm³/mol. The first kappa shape index (κ1) is 13.6. The number of rotatable bonds is 4.